The molecule has 154 valence electrons. The van der Waals surface area contributed by atoms with E-state index in [1.54, 1.807) is 4.31 Å². The molecule has 1 heterocycles. The summed E-state index contributed by atoms with van der Waals surface area (Å²) < 4.78 is 24.7. The van der Waals surface area contributed by atoms with Crippen LogP contribution in [0.1, 0.15) is 45.4 Å². The highest BCUT2D eigenvalue weighted by Gasteiger charge is 2.24. The quantitative estimate of drug-likeness (QED) is 0.165. The SMILES string of the molecule is C=CCCCCCN(C)C(=NCC1CCN(S(C)(=O)=O)CC1)NCC.I. The summed E-state index contributed by atoms with van der Waals surface area (Å²) in [6.45, 7) is 9.69. The summed E-state index contributed by atoms with van der Waals surface area (Å²) in [7, 11) is -0.964. The van der Waals surface area contributed by atoms with E-state index in [1.807, 2.05) is 6.08 Å². The molecule has 0 bridgehead atoms. The molecule has 0 aromatic carbocycles. The third kappa shape index (κ3) is 10.1. The standard InChI is InChI=1S/C18H36N4O2S.HI/c1-5-7-8-9-10-13-21(3)18(19-6-2)20-16-17-11-14-22(15-12-17)25(4,23)24;/h5,17H,1,6-16H2,2-4H3,(H,19,20);1H. The first kappa shape index (κ1) is 25.6. The maximum absolute atomic E-state index is 11.6. The van der Waals surface area contributed by atoms with E-state index in [1.165, 1.54) is 19.1 Å². The maximum atomic E-state index is 11.6. The van der Waals surface area contributed by atoms with Crippen molar-refractivity contribution >= 4 is 40.0 Å². The number of halogens is 1. The van der Waals surface area contributed by atoms with Crippen LogP contribution in [0.15, 0.2) is 17.6 Å². The van der Waals surface area contributed by atoms with E-state index in [2.05, 4.69) is 30.8 Å². The van der Waals surface area contributed by atoms with Crippen LogP contribution in [-0.2, 0) is 10.0 Å². The molecular weight excluding hydrogens is 463 g/mol. The Morgan fingerprint density at radius 1 is 1.31 bits per heavy atom. The monoisotopic (exact) mass is 500 g/mol. The number of guanidine groups is 1. The lowest BCUT2D eigenvalue weighted by molar-refractivity contribution is 0.279. The van der Waals surface area contributed by atoms with Crippen molar-refractivity contribution in [2.75, 3.05) is 46.0 Å². The fraction of sp³-hybridized carbons (Fsp3) is 0.833. The van der Waals surface area contributed by atoms with E-state index in [9.17, 15) is 8.42 Å². The minimum absolute atomic E-state index is 0. The lowest BCUT2D eigenvalue weighted by Crippen LogP contribution is -2.41. The molecule has 8 heteroatoms. The first-order chi connectivity index (χ1) is 11.9. The summed E-state index contributed by atoms with van der Waals surface area (Å²) in [4.78, 5) is 6.98. The van der Waals surface area contributed by atoms with E-state index in [-0.39, 0.29) is 24.0 Å². The zero-order valence-electron chi connectivity index (χ0n) is 16.6. The highest BCUT2D eigenvalue weighted by atomic mass is 127. The Labute approximate surface area is 177 Å². The fourth-order valence-corrected chi connectivity index (χ4v) is 3.90. The van der Waals surface area contributed by atoms with Gasteiger partial charge >= 0.3 is 0 Å². The molecule has 0 spiro atoms. The molecule has 1 aliphatic rings. The number of nitrogens with zero attached hydrogens (tertiary/aromatic N) is 3. The van der Waals surface area contributed by atoms with Gasteiger partial charge < -0.3 is 10.2 Å². The zero-order chi connectivity index (χ0) is 18.7. The van der Waals surface area contributed by atoms with Gasteiger partial charge in [0.25, 0.3) is 0 Å². The molecule has 1 N–H and O–H groups in total. The van der Waals surface area contributed by atoms with Gasteiger partial charge in [-0.05, 0) is 44.9 Å². The second kappa shape index (κ2) is 13.8. The number of aliphatic imine (C=N–C) groups is 1. The molecule has 1 aliphatic heterocycles. The van der Waals surface area contributed by atoms with Crippen LogP contribution in [0, 0.1) is 5.92 Å². The van der Waals surface area contributed by atoms with Gasteiger partial charge in [-0.1, -0.05) is 12.5 Å². The second-order valence-corrected chi connectivity index (χ2v) is 8.84. The van der Waals surface area contributed by atoms with Gasteiger partial charge in [0.15, 0.2) is 5.96 Å². The van der Waals surface area contributed by atoms with Crippen LogP contribution in [0.4, 0.5) is 0 Å². The molecule has 1 saturated heterocycles. The van der Waals surface area contributed by atoms with E-state index in [0.29, 0.717) is 19.0 Å². The number of hydrogen-bond donors (Lipinski definition) is 1. The minimum atomic E-state index is -3.05. The molecule has 6 nitrogen and oxygen atoms in total. The van der Waals surface area contributed by atoms with Crippen molar-refractivity contribution in [2.45, 2.75) is 45.4 Å². The van der Waals surface area contributed by atoms with Crippen LogP contribution in [0.3, 0.4) is 0 Å². The van der Waals surface area contributed by atoms with E-state index >= 15 is 0 Å². The summed E-state index contributed by atoms with van der Waals surface area (Å²) in [5, 5.41) is 3.36. The van der Waals surface area contributed by atoms with E-state index in [4.69, 9.17) is 4.99 Å². The molecule has 26 heavy (non-hydrogen) atoms. The summed E-state index contributed by atoms with van der Waals surface area (Å²) in [6, 6.07) is 0. The molecule has 0 amide bonds. The van der Waals surface area contributed by atoms with Gasteiger partial charge in [-0.2, -0.15) is 0 Å². The normalized spacial score (nSPS) is 16.8. The highest BCUT2D eigenvalue weighted by Crippen LogP contribution is 2.19. The molecule has 0 saturated carbocycles. The molecule has 0 atom stereocenters. The van der Waals surface area contributed by atoms with Crippen molar-refractivity contribution in [1.29, 1.82) is 0 Å². The lowest BCUT2D eigenvalue weighted by Gasteiger charge is -2.30. The molecule has 0 radical (unpaired) electrons. The maximum Gasteiger partial charge on any atom is 0.211 e. The smallest absolute Gasteiger partial charge is 0.211 e. The number of rotatable bonds is 10. The van der Waals surface area contributed by atoms with Crippen LogP contribution >= 0.6 is 24.0 Å². The molecule has 1 fully saturated rings. The fourth-order valence-electron chi connectivity index (χ4n) is 3.03. The molecule has 1 rings (SSSR count). The van der Waals surface area contributed by atoms with Gasteiger partial charge in [-0.25, -0.2) is 12.7 Å². The van der Waals surface area contributed by atoms with Gasteiger partial charge in [0.05, 0.1) is 6.26 Å². The number of piperidine rings is 1. The predicted octanol–water partition coefficient (Wildman–Crippen LogP) is 2.92. The number of hydrogen-bond acceptors (Lipinski definition) is 3. The number of nitrogens with one attached hydrogen (secondary N) is 1. The third-order valence-corrected chi connectivity index (χ3v) is 5.94. The van der Waals surface area contributed by atoms with Crippen LogP contribution in [0.2, 0.25) is 0 Å². The van der Waals surface area contributed by atoms with Crippen molar-refractivity contribution in [3.05, 3.63) is 12.7 Å². The number of unbranched alkanes of at least 4 members (excludes halogenated alkanes) is 3. The van der Waals surface area contributed by atoms with Gasteiger partial charge in [0.2, 0.25) is 10.0 Å². The summed E-state index contributed by atoms with van der Waals surface area (Å²) in [5.74, 6) is 1.42. The Bertz CT molecular complexity index is 517. The lowest BCUT2D eigenvalue weighted by atomic mass is 9.98. The Balaban J connectivity index is 0.00000625. The van der Waals surface area contributed by atoms with Gasteiger partial charge in [-0.15, -0.1) is 30.6 Å². The first-order valence-electron chi connectivity index (χ1n) is 9.44. The second-order valence-electron chi connectivity index (χ2n) is 6.86. The molecular formula is C18H37IN4O2S. The topological polar surface area (TPSA) is 65.0 Å². The van der Waals surface area contributed by atoms with Gasteiger partial charge in [0, 0.05) is 39.8 Å². The summed E-state index contributed by atoms with van der Waals surface area (Å²) in [6.07, 6.45) is 9.70. The Morgan fingerprint density at radius 2 is 1.96 bits per heavy atom. The van der Waals surface area contributed by atoms with Crippen molar-refractivity contribution in [1.82, 2.24) is 14.5 Å². The van der Waals surface area contributed by atoms with Crippen LogP contribution in [-0.4, -0.2) is 69.6 Å². The zero-order valence-corrected chi connectivity index (χ0v) is 19.8. The summed E-state index contributed by atoms with van der Waals surface area (Å²) >= 11 is 0. The van der Waals surface area contributed by atoms with E-state index < -0.39 is 10.0 Å². The van der Waals surface area contributed by atoms with Gasteiger partial charge in [-0.3, -0.25) is 4.99 Å². The average molecular weight is 500 g/mol. The van der Waals surface area contributed by atoms with Gasteiger partial charge in [0.1, 0.15) is 0 Å². The first-order valence-corrected chi connectivity index (χ1v) is 11.3. The Hall–Kier alpha value is -0.350. The van der Waals surface area contributed by atoms with Crippen LogP contribution in [0.25, 0.3) is 0 Å². The van der Waals surface area contributed by atoms with Crippen molar-refractivity contribution in [3.8, 4) is 0 Å². The van der Waals surface area contributed by atoms with E-state index in [0.717, 1.165) is 51.3 Å². The average Bonchev–Trinajstić information content (AvgIpc) is 2.57. The minimum Gasteiger partial charge on any atom is -0.357 e. The Morgan fingerprint density at radius 3 is 2.50 bits per heavy atom. The van der Waals surface area contributed by atoms with Crippen LogP contribution in [0.5, 0.6) is 0 Å². The van der Waals surface area contributed by atoms with Crippen molar-refractivity contribution in [2.24, 2.45) is 10.9 Å². The predicted molar refractivity (Wildman–Crippen MR) is 122 cm³/mol. The highest BCUT2D eigenvalue weighted by molar-refractivity contribution is 14.0. The van der Waals surface area contributed by atoms with Crippen LogP contribution < -0.4 is 5.32 Å². The largest absolute Gasteiger partial charge is 0.357 e. The molecule has 0 aromatic rings. The van der Waals surface area contributed by atoms with Crippen molar-refractivity contribution in [3.63, 3.8) is 0 Å². The third-order valence-electron chi connectivity index (χ3n) is 4.64. The number of allylic oxidation sites excluding steroid dienone is 1. The Kier molecular flexibility index (Phi) is 13.6. The molecule has 0 aliphatic carbocycles. The van der Waals surface area contributed by atoms with Crippen molar-refractivity contribution < 1.29 is 8.42 Å². The molecule has 0 aromatic heterocycles. The summed E-state index contributed by atoms with van der Waals surface area (Å²) in [5.41, 5.74) is 0. The number of sulfonamides is 1. The molecule has 0 unspecified atom stereocenters.